The molecular weight excluding hydrogens is 217 g/mol. The van der Waals surface area contributed by atoms with Crippen LogP contribution in [0.4, 0.5) is 4.39 Å². The van der Waals surface area contributed by atoms with Gasteiger partial charge in [0, 0.05) is 0 Å². The number of hydrogen-bond acceptors (Lipinski definition) is 1. The Morgan fingerprint density at radius 2 is 1.65 bits per heavy atom. The van der Waals surface area contributed by atoms with Crippen LogP contribution in [-0.2, 0) is 0 Å². The lowest BCUT2D eigenvalue weighted by Crippen LogP contribution is -3.12. The van der Waals surface area contributed by atoms with E-state index in [9.17, 15) is 4.39 Å². The van der Waals surface area contributed by atoms with Crippen molar-refractivity contribution < 1.29 is 14.0 Å². The van der Waals surface area contributed by atoms with Crippen LogP contribution in [0.3, 0.4) is 0 Å². The third-order valence-corrected chi connectivity index (χ3v) is 3.35. The van der Waals surface area contributed by atoms with Gasteiger partial charge in [-0.1, -0.05) is 0 Å². The zero-order valence-electron chi connectivity index (χ0n) is 10.3. The highest BCUT2D eigenvalue weighted by atomic mass is 19.1. The average molecular weight is 238 g/mol. The van der Waals surface area contributed by atoms with Gasteiger partial charge in [-0.05, 0) is 49.9 Å². The summed E-state index contributed by atoms with van der Waals surface area (Å²) in [7, 11) is 0. The van der Waals surface area contributed by atoms with Crippen LogP contribution in [-0.4, -0.2) is 26.2 Å². The smallest absolute Gasteiger partial charge is 0.137 e. The fourth-order valence-corrected chi connectivity index (χ4v) is 2.32. The number of likely N-dealkylation sites (tertiary alicyclic amines) is 1. The third-order valence-electron chi connectivity index (χ3n) is 3.35. The van der Waals surface area contributed by atoms with Crippen LogP contribution in [0, 0.1) is 5.82 Å². The molecule has 1 heterocycles. The van der Waals surface area contributed by atoms with E-state index in [2.05, 4.69) is 0 Å². The number of quaternary nitrogens is 1. The Kier molecular flexibility index (Phi) is 4.80. The largest absolute Gasteiger partial charge is 0.488 e. The maximum absolute atomic E-state index is 12.7. The SMILES string of the molecule is Fc1ccc(OCC[NH+]2CCCCCC2)cc1. The summed E-state index contributed by atoms with van der Waals surface area (Å²) >= 11 is 0. The normalized spacial score (nSPS) is 17.7. The van der Waals surface area contributed by atoms with Crippen molar-refractivity contribution >= 4 is 0 Å². The van der Waals surface area contributed by atoms with Gasteiger partial charge in [-0.3, -0.25) is 0 Å². The van der Waals surface area contributed by atoms with Crippen molar-refractivity contribution in [3.05, 3.63) is 30.1 Å². The van der Waals surface area contributed by atoms with E-state index < -0.39 is 0 Å². The van der Waals surface area contributed by atoms with Gasteiger partial charge in [0.25, 0.3) is 0 Å². The van der Waals surface area contributed by atoms with E-state index in [1.165, 1.54) is 50.9 Å². The van der Waals surface area contributed by atoms with Crippen molar-refractivity contribution in [3.8, 4) is 5.75 Å². The molecule has 1 aliphatic rings. The summed E-state index contributed by atoms with van der Waals surface area (Å²) in [5, 5.41) is 0. The number of hydrogen-bond donors (Lipinski definition) is 1. The molecule has 0 aromatic heterocycles. The summed E-state index contributed by atoms with van der Waals surface area (Å²) in [5.74, 6) is 0.552. The third kappa shape index (κ3) is 4.35. The van der Waals surface area contributed by atoms with Crippen LogP contribution in [0.25, 0.3) is 0 Å². The highest BCUT2D eigenvalue weighted by Crippen LogP contribution is 2.10. The number of halogens is 1. The first-order valence-electron chi connectivity index (χ1n) is 6.56. The number of ether oxygens (including phenoxy) is 1. The molecule has 0 unspecified atom stereocenters. The molecule has 1 N–H and O–H groups in total. The first-order chi connectivity index (χ1) is 8.34. The molecule has 1 saturated heterocycles. The molecule has 1 fully saturated rings. The Morgan fingerprint density at radius 3 is 2.29 bits per heavy atom. The molecule has 0 atom stereocenters. The maximum Gasteiger partial charge on any atom is 0.137 e. The van der Waals surface area contributed by atoms with Gasteiger partial charge in [-0.15, -0.1) is 0 Å². The number of rotatable bonds is 4. The van der Waals surface area contributed by atoms with Gasteiger partial charge in [0.1, 0.15) is 24.7 Å². The molecule has 0 amide bonds. The van der Waals surface area contributed by atoms with Gasteiger partial charge in [0.05, 0.1) is 13.1 Å². The molecule has 17 heavy (non-hydrogen) atoms. The standard InChI is InChI=1S/C14H20FNO/c15-13-5-7-14(8-6-13)17-12-11-16-9-3-1-2-4-10-16/h5-8H,1-4,9-12H2/p+1. The second-order valence-corrected chi connectivity index (χ2v) is 4.72. The van der Waals surface area contributed by atoms with Gasteiger partial charge in [-0.25, -0.2) is 4.39 Å². The van der Waals surface area contributed by atoms with E-state index in [1.54, 1.807) is 17.0 Å². The summed E-state index contributed by atoms with van der Waals surface area (Å²) in [6.07, 6.45) is 5.43. The quantitative estimate of drug-likeness (QED) is 0.842. The summed E-state index contributed by atoms with van der Waals surface area (Å²) in [6.45, 7) is 4.32. The zero-order valence-corrected chi connectivity index (χ0v) is 10.3. The number of nitrogens with one attached hydrogen (secondary N) is 1. The molecule has 0 bridgehead atoms. The molecule has 0 aliphatic carbocycles. The minimum Gasteiger partial charge on any atom is -0.488 e. The molecule has 1 aromatic rings. The van der Waals surface area contributed by atoms with Gasteiger partial charge in [0.15, 0.2) is 0 Å². The topological polar surface area (TPSA) is 13.7 Å². The predicted molar refractivity (Wildman–Crippen MR) is 65.9 cm³/mol. The Bertz CT molecular complexity index is 317. The van der Waals surface area contributed by atoms with E-state index in [-0.39, 0.29) is 5.82 Å². The minimum atomic E-state index is -0.213. The van der Waals surface area contributed by atoms with Gasteiger partial charge >= 0.3 is 0 Å². The van der Waals surface area contributed by atoms with E-state index in [0.717, 1.165) is 18.9 Å². The lowest BCUT2D eigenvalue weighted by atomic mass is 10.2. The minimum absolute atomic E-state index is 0.213. The fraction of sp³-hybridized carbons (Fsp3) is 0.571. The van der Waals surface area contributed by atoms with Crippen LogP contribution < -0.4 is 9.64 Å². The van der Waals surface area contributed by atoms with E-state index in [4.69, 9.17) is 4.74 Å². The molecule has 3 heteroatoms. The molecule has 0 radical (unpaired) electrons. The number of benzene rings is 1. The monoisotopic (exact) mass is 238 g/mol. The van der Waals surface area contributed by atoms with Crippen molar-refractivity contribution in [2.75, 3.05) is 26.2 Å². The summed E-state index contributed by atoms with van der Waals surface area (Å²) < 4.78 is 18.3. The molecule has 0 spiro atoms. The highest BCUT2D eigenvalue weighted by molar-refractivity contribution is 5.21. The van der Waals surface area contributed by atoms with Crippen LogP contribution in [0.5, 0.6) is 5.75 Å². The molecule has 2 nitrogen and oxygen atoms in total. The highest BCUT2D eigenvalue weighted by Gasteiger charge is 2.11. The average Bonchev–Trinajstić information content (AvgIpc) is 2.60. The summed E-state index contributed by atoms with van der Waals surface area (Å²) in [5.41, 5.74) is 0. The van der Waals surface area contributed by atoms with Crippen LogP contribution >= 0.6 is 0 Å². The lowest BCUT2D eigenvalue weighted by molar-refractivity contribution is -0.899. The van der Waals surface area contributed by atoms with Crippen molar-refractivity contribution in [1.82, 2.24) is 0 Å². The Hall–Kier alpha value is -1.09. The van der Waals surface area contributed by atoms with Gasteiger partial charge in [0.2, 0.25) is 0 Å². The Labute approximate surface area is 102 Å². The van der Waals surface area contributed by atoms with Crippen LogP contribution in [0.15, 0.2) is 24.3 Å². The fourth-order valence-electron chi connectivity index (χ4n) is 2.32. The Balaban J connectivity index is 1.69. The van der Waals surface area contributed by atoms with Crippen LogP contribution in [0.1, 0.15) is 25.7 Å². The van der Waals surface area contributed by atoms with Crippen molar-refractivity contribution in [3.63, 3.8) is 0 Å². The molecule has 1 aliphatic heterocycles. The molecule has 94 valence electrons. The maximum atomic E-state index is 12.7. The van der Waals surface area contributed by atoms with E-state index in [1.807, 2.05) is 0 Å². The second kappa shape index (κ2) is 6.60. The first-order valence-corrected chi connectivity index (χ1v) is 6.56. The van der Waals surface area contributed by atoms with E-state index in [0.29, 0.717) is 0 Å². The molecule has 2 rings (SSSR count). The van der Waals surface area contributed by atoms with E-state index >= 15 is 0 Å². The lowest BCUT2D eigenvalue weighted by Gasteiger charge is -2.17. The summed E-state index contributed by atoms with van der Waals surface area (Å²) in [4.78, 5) is 1.64. The molecule has 1 aromatic carbocycles. The second-order valence-electron chi connectivity index (χ2n) is 4.72. The summed E-state index contributed by atoms with van der Waals surface area (Å²) in [6, 6.07) is 6.25. The van der Waals surface area contributed by atoms with Crippen LogP contribution in [0.2, 0.25) is 0 Å². The molecular formula is C14H21FNO+. The zero-order chi connectivity index (χ0) is 11.9. The first kappa shape index (κ1) is 12.4. The molecule has 0 saturated carbocycles. The van der Waals surface area contributed by atoms with Crippen molar-refractivity contribution in [2.24, 2.45) is 0 Å². The predicted octanol–water partition coefficient (Wildman–Crippen LogP) is 1.66. The van der Waals surface area contributed by atoms with Crippen molar-refractivity contribution in [1.29, 1.82) is 0 Å². The van der Waals surface area contributed by atoms with Crippen molar-refractivity contribution in [2.45, 2.75) is 25.7 Å². The van der Waals surface area contributed by atoms with Gasteiger partial charge < -0.3 is 9.64 Å². The Morgan fingerprint density at radius 1 is 1.00 bits per heavy atom. The van der Waals surface area contributed by atoms with Gasteiger partial charge in [-0.2, -0.15) is 0 Å².